The molecule has 0 saturated heterocycles. The minimum absolute atomic E-state index is 0.0738. The third kappa shape index (κ3) is 2.20. The molecule has 4 rings (SSSR count). The lowest BCUT2D eigenvalue weighted by Crippen LogP contribution is -2.44. The van der Waals surface area contributed by atoms with Gasteiger partial charge in [-0.25, -0.2) is 4.98 Å². The van der Waals surface area contributed by atoms with Crippen molar-refractivity contribution in [3.8, 4) is 0 Å². The molecule has 2 fully saturated rings. The number of fused-ring (bicyclic) bond motifs is 1. The molecule has 0 spiro atoms. The van der Waals surface area contributed by atoms with Crippen LogP contribution in [0.4, 0.5) is 0 Å². The van der Waals surface area contributed by atoms with Gasteiger partial charge >= 0.3 is 0 Å². The molecule has 0 unspecified atom stereocenters. The second kappa shape index (κ2) is 5.09. The van der Waals surface area contributed by atoms with Crippen LogP contribution in [0, 0.1) is 5.41 Å². The summed E-state index contributed by atoms with van der Waals surface area (Å²) in [6, 6.07) is 5.92. The van der Waals surface area contributed by atoms with Gasteiger partial charge in [0.2, 0.25) is 5.69 Å². The highest BCUT2D eigenvalue weighted by Crippen LogP contribution is 2.40. The van der Waals surface area contributed by atoms with Crippen LogP contribution in [0.3, 0.4) is 0 Å². The molecule has 0 radical (unpaired) electrons. The maximum absolute atomic E-state index is 12.6. The number of hydrogen-bond donors (Lipinski definition) is 3. The van der Waals surface area contributed by atoms with Crippen LogP contribution in [0.2, 0.25) is 0 Å². The number of pyridine rings is 1. The van der Waals surface area contributed by atoms with Gasteiger partial charge in [-0.3, -0.25) is 4.79 Å². The zero-order valence-corrected chi connectivity index (χ0v) is 12.6. The lowest BCUT2D eigenvalue weighted by molar-refractivity contribution is -0.521. The average Bonchev–Trinajstić information content (AvgIpc) is 3.27. The van der Waals surface area contributed by atoms with Gasteiger partial charge in [-0.15, -0.1) is 0 Å². The molecule has 5 nitrogen and oxygen atoms in total. The molecule has 2 saturated carbocycles. The predicted octanol–water partition coefficient (Wildman–Crippen LogP) is 1.52. The molecular weight excluding hydrogens is 278 g/mol. The first kappa shape index (κ1) is 13.8. The van der Waals surface area contributed by atoms with Crippen molar-refractivity contribution in [1.82, 2.24) is 10.3 Å². The van der Waals surface area contributed by atoms with Crippen molar-refractivity contribution in [3.63, 3.8) is 0 Å². The van der Waals surface area contributed by atoms with Gasteiger partial charge in [-0.05, 0) is 37.8 Å². The fourth-order valence-corrected chi connectivity index (χ4v) is 3.36. The molecule has 2 aromatic rings. The number of aromatic nitrogens is 2. The van der Waals surface area contributed by atoms with Gasteiger partial charge in [0.05, 0.1) is 18.7 Å². The van der Waals surface area contributed by atoms with Crippen molar-refractivity contribution < 1.29 is 14.3 Å². The van der Waals surface area contributed by atoms with Crippen molar-refractivity contribution in [3.05, 3.63) is 35.9 Å². The molecule has 1 amide bonds. The number of aliphatic hydroxyl groups excluding tert-OH is 1. The van der Waals surface area contributed by atoms with E-state index in [1.54, 1.807) is 0 Å². The van der Waals surface area contributed by atoms with E-state index in [-0.39, 0.29) is 17.9 Å². The van der Waals surface area contributed by atoms with Crippen molar-refractivity contribution in [1.29, 1.82) is 0 Å². The largest absolute Gasteiger partial charge is 0.396 e. The van der Waals surface area contributed by atoms with Gasteiger partial charge in [0, 0.05) is 12.0 Å². The SMILES string of the molecule is O=C(NCC1(CO)CCC1)c1[nH]c(C2CC2)[n+]2ccccc12. The number of aromatic amines is 1. The summed E-state index contributed by atoms with van der Waals surface area (Å²) in [5, 5.41) is 12.5. The molecule has 2 aromatic heterocycles. The van der Waals surface area contributed by atoms with E-state index in [1.807, 2.05) is 24.4 Å². The lowest BCUT2D eigenvalue weighted by atomic mass is 9.69. The topological polar surface area (TPSA) is 69.2 Å². The summed E-state index contributed by atoms with van der Waals surface area (Å²) < 4.78 is 2.09. The maximum Gasteiger partial charge on any atom is 0.295 e. The number of H-pyrrole nitrogens is 1. The molecule has 116 valence electrons. The van der Waals surface area contributed by atoms with E-state index in [0.29, 0.717) is 18.2 Å². The van der Waals surface area contributed by atoms with E-state index in [9.17, 15) is 9.90 Å². The smallest absolute Gasteiger partial charge is 0.295 e. The Morgan fingerprint density at radius 2 is 2.23 bits per heavy atom. The normalized spacial score (nSPS) is 19.9. The zero-order valence-electron chi connectivity index (χ0n) is 12.6. The van der Waals surface area contributed by atoms with E-state index in [2.05, 4.69) is 14.7 Å². The third-order valence-corrected chi connectivity index (χ3v) is 5.19. The van der Waals surface area contributed by atoms with Gasteiger partial charge in [0.15, 0.2) is 5.52 Å². The summed E-state index contributed by atoms with van der Waals surface area (Å²) in [5.74, 6) is 1.60. The van der Waals surface area contributed by atoms with Crippen LogP contribution in [-0.4, -0.2) is 29.1 Å². The van der Waals surface area contributed by atoms with Crippen molar-refractivity contribution >= 4 is 11.4 Å². The summed E-state index contributed by atoms with van der Waals surface area (Å²) >= 11 is 0. The van der Waals surface area contributed by atoms with E-state index < -0.39 is 0 Å². The molecule has 0 bridgehead atoms. The fraction of sp³-hybridized carbons (Fsp3) is 0.529. The van der Waals surface area contributed by atoms with Crippen molar-refractivity contribution in [2.24, 2.45) is 5.41 Å². The first-order valence-corrected chi connectivity index (χ1v) is 8.14. The highest BCUT2D eigenvalue weighted by Gasteiger charge is 2.38. The number of carbonyl (C=O) groups excluding carboxylic acids is 1. The Kier molecular flexibility index (Phi) is 3.18. The Morgan fingerprint density at radius 1 is 1.41 bits per heavy atom. The first-order chi connectivity index (χ1) is 10.7. The van der Waals surface area contributed by atoms with Crippen LogP contribution in [0.1, 0.15) is 54.3 Å². The van der Waals surface area contributed by atoms with Crippen LogP contribution >= 0.6 is 0 Å². The molecule has 5 heteroatoms. The monoisotopic (exact) mass is 300 g/mol. The number of nitrogens with one attached hydrogen (secondary N) is 2. The number of imidazole rings is 1. The summed E-state index contributed by atoms with van der Waals surface area (Å²) in [5.41, 5.74) is 1.47. The van der Waals surface area contributed by atoms with Gasteiger partial charge in [-0.2, -0.15) is 4.40 Å². The summed E-state index contributed by atoms with van der Waals surface area (Å²) in [6.07, 6.45) is 7.52. The van der Waals surface area contributed by atoms with E-state index in [0.717, 1.165) is 30.6 Å². The van der Waals surface area contributed by atoms with Gasteiger partial charge in [-0.1, -0.05) is 12.5 Å². The van der Waals surface area contributed by atoms with Crippen LogP contribution in [0.5, 0.6) is 0 Å². The minimum Gasteiger partial charge on any atom is -0.396 e. The maximum atomic E-state index is 12.6. The summed E-state index contributed by atoms with van der Waals surface area (Å²) in [4.78, 5) is 15.9. The number of amides is 1. The Morgan fingerprint density at radius 3 is 2.86 bits per heavy atom. The molecule has 3 N–H and O–H groups in total. The van der Waals surface area contributed by atoms with Gasteiger partial charge in [0.25, 0.3) is 11.7 Å². The number of rotatable bonds is 5. The van der Waals surface area contributed by atoms with Crippen LogP contribution in [0.15, 0.2) is 24.4 Å². The molecular formula is C17H22N3O2+. The predicted molar refractivity (Wildman–Crippen MR) is 81.6 cm³/mol. The highest BCUT2D eigenvalue weighted by molar-refractivity contribution is 5.98. The van der Waals surface area contributed by atoms with E-state index in [4.69, 9.17) is 0 Å². The number of aliphatic hydroxyl groups is 1. The van der Waals surface area contributed by atoms with Crippen LogP contribution < -0.4 is 9.72 Å². The minimum atomic E-state index is -0.0927. The van der Waals surface area contributed by atoms with Crippen molar-refractivity contribution in [2.45, 2.75) is 38.0 Å². The number of carbonyl (C=O) groups is 1. The van der Waals surface area contributed by atoms with Gasteiger partial charge in [0.1, 0.15) is 0 Å². The molecule has 0 aliphatic heterocycles. The first-order valence-electron chi connectivity index (χ1n) is 8.14. The summed E-state index contributed by atoms with van der Waals surface area (Å²) in [7, 11) is 0. The standard InChI is InChI=1S/C17H21N3O2/c21-11-17(7-3-8-17)10-18-16(22)14-13-4-1-2-9-20(13)15(19-14)12-5-6-12/h1-2,4,9,12,21H,3,5-8,10-11H2,(H,18,22)/p+1. The molecule has 2 aliphatic rings. The summed E-state index contributed by atoms with van der Waals surface area (Å²) in [6.45, 7) is 0.708. The molecule has 0 aromatic carbocycles. The van der Waals surface area contributed by atoms with Crippen LogP contribution in [0.25, 0.3) is 5.52 Å². The number of nitrogens with zero attached hydrogens (tertiary/aromatic N) is 1. The zero-order chi connectivity index (χ0) is 15.2. The van der Waals surface area contributed by atoms with Crippen LogP contribution in [-0.2, 0) is 0 Å². The fourth-order valence-electron chi connectivity index (χ4n) is 3.36. The number of hydrogen-bond acceptors (Lipinski definition) is 2. The van der Waals surface area contributed by atoms with E-state index in [1.165, 1.54) is 12.8 Å². The van der Waals surface area contributed by atoms with E-state index >= 15 is 0 Å². The lowest BCUT2D eigenvalue weighted by Gasteiger charge is -2.40. The Bertz CT molecular complexity index is 708. The van der Waals surface area contributed by atoms with Crippen molar-refractivity contribution in [2.75, 3.05) is 13.2 Å². The molecule has 2 aliphatic carbocycles. The molecule has 22 heavy (non-hydrogen) atoms. The third-order valence-electron chi connectivity index (χ3n) is 5.19. The molecule has 2 heterocycles. The Balaban J connectivity index is 1.59. The Hall–Kier alpha value is -1.88. The van der Waals surface area contributed by atoms with Gasteiger partial charge < -0.3 is 10.4 Å². The highest BCUT2D eigenvalue weighted by atomic mass is 16.3. The molecule has 0 atom stereocenters. The Labute approximate surface area is 129 Å². The average molecular weight is 300 g/mol. The second-order valence-corrected chi connectivity index (χ2v) is 6.81. The second-order valence-electron chi connectivity index (χ2n) is 6.81. The quantitative estimate of drug-likeness (QED) is 0.733.